The van der Waals surface area contributed by atoms with E-state index in [9.17, 15) is 4.79 Å². The highest BCUT2D eigenvalue weighted by Gasteiger charge is 2.54. The summed E-state index contributed by atoms with van der Waals surface area (Å²) in [5.41, 5.74) is 1.36. The van der Waals surface area contributed by atoms with Crippen LogP contribution >= 0.6 is 0 Å². The standard InChI is InChI=1S/C16H20N2O2/c1-11-15-14-8-7-13(10-18(15)16(19)20-11)17(14)9-12-5-3-2-4-6-12/h2-6,11,13-15H,7-10H2,1H3/t11-,13+,14-,15+/m1/s1. The zero-order valence-electron chi connectivity index (χ0n) is 11.7. The molecule has 3 aliphatic rings. The Morgan fingerprint density at radius 1 is 1.25 bits per heavy atom. The summed E-state index contributed by atoms with van der Waals surface area (Å²) in [5, 5.41) is 0. The molecule has 0 aliphatic carbocycles. The molecule has 106 valence electrons. The number of rotatable bonds is 2. The van der Waals surface area contributed by atoms with E-state index in [1.165, 1.54) is 18.4 Å². The Hall–Kier alpha value is -1.55. The zero-order chi connectivity index (χ0) is 13.7. The number of ether oxygens (including phenoxy) is 1. The number of carbonyl (C=O) groups excluding carboxylic acids is 1. The number of benzene rings is 1. The molecule has 0 radical (unpaired) electrons. The second-order valence-corrected chi connectivity index (χ2v) is 6.19. The summed E-state index contributed by atoms with van der Waals surface area (Å²) in [5.74, 6) is 0. The van der Waals surface area contributed by atoms with Crippen LogP contribution in [0.15, 0.2) is 30.3 Å². The molecule has 3 aliphatic heterocycles. The Labute approximate surface area is 119 Å². The largest absolute Gasteiger partial charge is 0.444 e. The normalized spacial score (nSPS) is 36.0. The maximum absolute atomic E-state index is 11.9. The van der Waals surface area contributed by atoms with Gasteiger partial charge in [-0.3, -0.25) is 9.80 Å². The zero-order valence-corrected chi connectivity index (χ0v) is 11.7. The van der Waals surface area contributed by atoms with Crippen molar-refractivity contribution in [3.05, 3.63) is 35.9 Å². The smallest absolute Gasteiger partial charge is 0.410 e. The van der Waals surface area contributed by atoms with Crippen LogP contribution in [-0.2, 0) is 11.3 Å². The molecule has 3 heterocycles. The topological polar surface area (TPSA) is 32.8 Å². The average molecular weight is 272 g/mol. The van der Waals surface area contributed by atoms with E-state index in [1.54, 1.807) is 0 Å². The van der Waals surface area contributed by atoms with Crippen LogP contribution in [0.5, 0.6) is 0 Å². The average Bonchev–Trinajstić information content (AvgIpc) is 2.87. The molecule has 0 saturated carbocycles. The summed E-state index contributed by atoms with van der Waals surface area (Å²) < 4.78 is 5.42. The van der Waals surface area contributed by atoms with Crippen LogP contribution in [0.1, 0.15) is 25.3 Å². The summed E-state index contributed by atoms with van der Waals surface area (Å²) in [6, 6.07) is 11.8. The third kappa shape index (κ3) is 1.74. The predicted octanol–water partition coefficient (Wildman–Crippen LogP) is 2.24. The first-order chi connectivity index (χ1) is 9.74. The molecule has 4 atom stereocenters. The number of fused-ring (bicyclic) bond motifs is 4. The first-order valence-electron chi connectivity index (χ1n) is 7.51. The fourth-order valence-corrected chi connectivity index (χ4v) is 4.18. The van der Waals surface area contributed by atoms with Gasteiger partial charge < -0.3 is 4.74 Å². The molecule has 0 aromatic heterocycles. The van der Waals surface area contributed by atoms with Crippen molar-refractivity contribution in [2.75, 3.05) is 6.54 Å². The molecule has 0 N–H and O–H groups in total. The monoisotopic (exact) mass is 272 g/mol. The third-order valence-electron chi connectivity index (χ3n) is 5.06. The Morgan fingerprint density at radius 2 is 2.05 bits per heavy atom. The van der Waals surface area contributed by atoms with Gasteiger partial charge in [-0.25, -0.2) is 4.79 Å². The minimum Gasteiger partial charge on any atom is -0.444 e. The highest BCUT2D eigenvalue weighted by atomic mass is 16.6. The number of nitrogens with zero attached hydrogens (tertiary/aromatic N) is 2. The second-order valence-electron chi connectivity index (χ2n) is 6.19. The maximum atomic E-state index is 11.9. The molecular weight excluding hydrogens is 252 g/mol. The number of cyclic esters (lactones) is 1. The van der Waals surface area contributed by atoms with E-state index in [0.29, 0.717) is 12.1 Å². The van der Waals surface area contributed by atoms with Crippen molar-refractivity contribution < 1.29 is 9.53 Å². The molecule has 4 nitrogen and oxygen atoms in total. The maximum Gasteiger partial charge on any atom is 0.410 e. The number of hydrogen-bond acceptors (Lipinski definition) is 3. The molecule has 3 fully saturated rings. The van der Waals surface area contributed by atoms with E-state index in [-0.39, 0.29) is 18.2 Å². The van der Waals surface area contributed by atoms with Crippen LogP contribution in [0, 0.1) is 0 Å². The lowest BCUT2D eigenvalue weighted by atomic mass is 9.99. The van der Waals surface area contributed by atoms with Crippen molar-refractivity contribution in [1.82, 2.24) is 9.80 Å². The van der Waals surface area contributed by atoms with Crippen molar-refractivity contribution in [2.45, 2.75) is 50.5 Å². The minimum absolute atomic E-state index is 0.0184. The van der Waals surface area contributed by atoms with Crippen molar-refractivity contribution in [3.8, 4) is 0 Å². The van der Waals surface area contributed by atoms with Gasteiger partial charge in [0.2, 0.25) is 0 Å². The Balaban J connectivity index is 1.59. The van der Waals surface area contributed by atoms with Crippen LogP contribution in [0.4, 0.5) is 4.79 Å². The molecule has 3 saturated heterocycles. The van der Waals surface area contributed by atoms with Gasteiger partial charge in [-0.2, -0.15) is 0 Å². The van der Waals surface area contributed by atoms with Gasteiger partial charge in [0.15, 0.2) is 0 Å². The first kappa shape index (κ1) is 12.2. The quantitative estimate of drug-likeness (QED) is 0.827. The van der Waals surface area contributed by atoms with E-state index < -0.39 is 0 Å². The Morgan fingerprint density at radius 3 is 2.85 bits per heavy atom. The van der Waals surface area contributed by atoms with Crippen LogP contribution in [-0.4, -0.2) is 46.7 Å². The lowest BCUT2D eigenvalue weighted by Gasteiger charge is -2.43. The van der Waals surface area contributed by atoms with Crippen LogP contribution in [0.25, 0.3) is 0 Å². The number of hydrogen-bond donors (Lipinski definition) is 0. The lowest BCUT2D eigenvalue weighted by Crippen LogP contribution is -2.59. The van der Waals surface area contributed by atoms with E-state index in [2.05, 4.69) is 35.2 Å². The van der Waals surface area contributed by atoms with Crippen molar-refractivity contribution in [2.24, 2.45) is 0 Å². The highest BCUT2D eigenvalue weighted by Crippen LogP contribution is 2.40. The molecular formula is C16H20N2O2. The van der Waals surface area contributed by atoms with Gasteiger partial charge in [-0.05, 0) is 25.3 Å². The fraction of sp³-hybridized carbons (Fsp3) is 0.562. The first-order valence-corrected chi connectivity index (χ1v) is 7.51. The van der Waals surface area contributed by atoms with E-state index in [4.69, 9.17) is 4.74 Å². The number of piperazine rings is 1. The third-order valence-corrected chi connectivity index (χ3v) is 5.06. The summed E-state index contributed by atoms with van der Waals surface area (Å²) in [4.78, 5) is 16.4. The van der Waals surface area contributed by atoms with Gasteiger partial charge in [-0.15, -0.1) is 0 Å². The SMILES string of the molecule is C[C@H]1OC(=O)N2C[C@@H]3CC[C@H]([C@H]12)N3Cc1ccccc1. The summed E-state index contributed by atoms with van der Waals surface area (Å²) >= 11 is 0. The predicted molar refractivity (Wildman–Crippen MR) is 75.2 cm³/mol. The van der Waals surface area contributed by atoms with Gasteiger partial charge in [0, 0.05) is 25.2 Å². The molecule has 1 aromatic carbocycles. The van der Waals surface area contributed by atoms with Crippen molar-refractivity contribution in [3.63, 3.8) is 0 Å². The summed E-state index contributed by atoms with van der Waals surface area (Å²) in [7, 11) is 0. The van der Waals surface area contributed by atoms with Crippen molar-refractivity contribution in [1.29, 1.82) is 0 Å². The summed E-state index contributed by atoms with van der Waals surface area (Å²) in [6.07, 6.45) is 2.29. The minimum atomic E-state index is -0.112. The fourth-order valence-electron chi connectivity index (χ4n) is 4.18. The Kier molecular flexibility index (Phi) is 2.74. The van der Waals surface area contributed by atoms with Gasteiger partial charge in [0.25, 0.3) is 0 Å². The molecule has 20 heavy (non-hydrogen) atoms. The van der Waals surface area contributed by atoms with Crippen LogP contribution in [0.2, 0.25) is 0 Å². The molecule has 0 unspecified atom stereocenters. The highest BCUT2D eigenvalue weighted by molar-refractivity contribution is 5.71. The van der Waals surface area contributed by atoms with E-state index in [0.717, 1.165) is 13.1 Å². The second kappa shape index (κ2) is 4.48. The van der Waals surface area contributed by atoms with Gasteiger partial charge in [0.1, 0.15) is 6.10 Å². The van der Waals surface area contributed by atoms with Gasteiger partial charge in [-0.1, -0.05) is 30.3 Å². The van der Waals surface area contributed by atoms with Crippen LogP contribution in [0.3, 0.4) is 0 Å². The molecule has 1 amide bonds. The van der Waals surface area contributed by atoms with Crippen molar-refractivity contribution >= 4 is 6.09 Å². The lowest BCUT2D eigenvalue weighted by molar-refractivity contribution is 0.0395. The van der Waals surface area contributed by atoms with E-state index in [1.807, 2.05) is 11.8 Å². The molecule has 2 bridgehead atoms. The molecule has 4 rings (SSSR count). The summed E-state index contributed by atoms with van der Waals surface area (Å²) in [6.45, 7) is 3.85. The van der Waals surface area contributed by atoms with Gasteiger partial charge in [0.05, 0.1) is 6.04 Å². The van der Waals surface area contributed by atoms with Gasteiger partial charge >= 0.3 is 6.09 Å². The molecule has 4 heteroatoms. The van der Waals surface area contributed by atoms with Crippen LogP contribution < -0.4 is 0 Å². The number of carbonyl (C=O) groups is 1. The molecule has 1 aromatic rings. The number of amides is 1. The van der Waals surface area contributed by atoms with E-state index >= 15 is 0 Å². The molecule has 0 spiro atoms. The Bertz CT molecular complexity index is 518.